The van der Waals surface area contributed by atoms with E-state index in [1.807, 2.05) is 20.8 Å². The molecule has 3 rings (SSSR count). The molecular weight excluding hydrogens is 503 g/mol. The molecule has 0 bridgehead atoms. The van der Waals surface area contributed by atoms with Gasteiger partial charge in [0.15, 0.2) is 0 Å². The fourth-order valence-corrected chi connectivity index (χ4v) is 6.32. The summed E-state index contributed by atoms with van der Waals surface area (Å²) in [6.07, 6.45) is 3.67. The fourth-order valence-electron chi connectivity index (χ4n) is 4.39. The van der Waals surface area contributed by atoms with Crippen LogP contribution in [0.2, 0.25) is 5.02 Å². The molecule has 12 heteroatoms. The van der Waals surface area contributed by atoms with E-state index in [2.05, 4.69) is 21.8 Å². The zero-order valence-corrected chi connectivity index (χ0v) is 21.8. The first-order valence-electron chi connectivity index (χ1n) is 10.6. The maximum Gasteiger partial charge on any atom is 0.404 e. The van der Waals surface area contributed by atoms with Crippen molar-refractivity contribution in [3.63, 3.8) is 0 Å². The van der Waals surface area contributed by atoms with E-state index in [9.17, 15) is 17.1 Å². The molecule has 1 atom stereocenters. The van der Waals surface area contributed by atoms with Crippen LogP contribution in [0.4, 0.5) is 14.5 Å². The van der Waals surface area contributed by atoms with Crippen molar-refractivity contribution in [1.82, 2.24) is 9.97 Å². The Morgan fingerprint density at radius 1 is 1.26 bits per heavy atom. The van der Waals surface area contributed by atoms with Gasteiger partial charge in [0.05, 0.1) is 17.4 Å². The summed E-state index contributed by atoms with van der Waals surface area (Å²) in [5.41, 5.74) is 4.84. The largest absolute Gasteiger partial charge is 0.445 e. The summed E-state index contributed by atoms with van der Waals surface area (Å²) in [6.45, 7) is 9.62. The smallest absolute Gasteiger partial charge is 0.404 e. The van der Waals surface area contributed by atoms with Crippen LogP contribution < -0.4 is 10.6 Å². The Morgan fingerprint density at radius 3 is 2.41 bits per heavy atom. The van der Waals surface area contributed by atoms with Gasteiger partial charge >= 0.3 is 16.3 Å². The van der Waals surface area contributed by atoms with Gasteiger partial charge < -0.3 is 15.4 Å². The Bertz CT molecular complexity index is 1150. The molecule has 1 aliphatic rings. The van der Waals surface area contributed by atoms with Crippen molar-refractivity contribution in [3.8, 4) is 0 Å². The second-order valence-electron chi connectivity index (χ2n) is 9.65. The SMILES string of the molecule is CC(C)(C)C(OC(N)=O)C1(C)CCN(c2cnc(Sc3cccc(S(=O)(=O)F)c3Cl)cn2)CC1. The molecule has 8 nitrogen and oxygen atoms in total. The molecular formula is C22H28ClFN4O4S2. The minimum Gasteiger partial charge on any atom is -0.445 e. The Hall–Kier alpha value is -2.11. The summed E-state index contributed by atoms with van der Waals surface area (Å²) < 4.78 is 41.4. The second kappa shape index (κ2) is 9.87. The topological polar surface area (TPSA) is 115 Å². The van der Waals surface area contributed by atoms with Crippen LogP contribution in [-0.2, 0) is 15.0 Å². The van der Waals surface area contributed by atoms with Crippen molar-refractivity contribution < 1.29 is 21.8 Å². The number of rotatable bonds is 6. The number of halogens is 2. The number of benzene rings is 1. The van der Waals surface area contributed by atoms with Gasteiger partial charge in [-0.3, -0.25) is 0 Å². The van der Waals surface area contributed by atoms with Crippen LogP contribution in [0.15, 0.2) is 45.4 Å². The summed E-state index contributed by atoms with van der Waals surface area (Å²) in [5, 5.41) is 0.298. The number of primary amides is 1. The third kappa shape index (κ3) is 6.11. The quantitative estimate of drug-likeness (QED) is 0.515. The third-order valence-electron chi connectivity index (χ3n) is 5.90. The number of piperidine rings is 1. The number of nitrogens with zero attached hydrogens (tertiary/aromatic N) is 3. The predicted molar refractivity (Wildman–Crippen MR) is 129 cm³/mol. The van der Waals surface area contributed by atoms with Gasteiger partial charge in [-0.05, 0) is 30.4 Å². The standard InChI is InChI=1S/C22H28ClFN4O4S2/c1-21(2,3)19(32-20(25)29)22(4)8-10-28(11-9-22)16-12-27-17(13-26-16)33-14-6-5-7-15(18(14)23)34(24,30)31/h5-7,12-13,19H,8-11H2,1-4H3,(H2,25,29). The summed E-state index contributed by atoms with van der Waals surface area (Å²) in [4.78, 5) is 22.3. The number of nitrogens with two attached hydrogens (primary N) is 1. The minimum atomic E-state index is -4.92. The van der Waals surface area contributed by atoms with E-state index in [0.29, 0.717) is 28.8 Å². The second-order valence-corrected chi connectivity index (χ2v) is 12.4. The first kappa shape index (κ1) is 26.5. The first-order valence-corrected chi connectivity index (χ1v) is 13.2. The molecule has 1 aliphatic heterocycles. The Labute approximate surface area is 208 Å². The lowest BCUT2D eigenvalue weighted by atomic mass is 9.67. The van der Waals surface area contributed by atoms with Gasteiger partial charge in [0.2, 0.25) is 0 Å². The summed E-state index contributed by atoms with van der Waals surface area (Å²) in [7, 11) is -4.92. The third-order valence-corrected chi connectivity index (χ3v) is 8.38. The van der Waals surface area contributed by atoms with Crippen molar-refractivity contribution in [1.29, 1.82) is 0 Å². The molecule has 1 aromatic carbocycles. The van der Waals surface area contributed by atoms with Gasteiger partial charge in [0.1, 0.15) is 21.8 Å². The lowest BCUT2D eigenvalue weighted by Gasteiger charge is -2.48. The van der Waals surface area contributed by atoms with Crippen LogP contribution in [0.5, 0.6) is 0 Å². The maximum atomic E-state index is 13.4. The highest BCUT2D eigenvalue weighted by molar-refractivity contribution is 7.99. The van der Waals surface area contributed by atoms with E-state index < -0.39 is 21.2 Å². The molecule has 1 saturated heterocycles. The number of anilines is 1. The van der Waals surface area contributed by atoms with Crippen molar-refractivity contribution in [3.05, 3.63) is 35.6 Å². The van der Waals surface area contributed by atoms with E-state index in [-0.39, 0.29) is 22.0 Å². The van der Waals surface area contributed by atoms with E-state index in [1.165, 1.54) is 6.07 Å². The number of ether oxygens (including phenoxy) is 1. The molecule has 2 heterocycles. The molecule has 2 aromatic rings. The van der Waals surface area contributed by atoms with Crippen LogP contribution in [-0.4, -0.2) is 43.7 Å². The molecule has 186 valence electrons. The maximum absolute atomic E-state index is 13.4. The number of aromatic nitrogens is 2. The molecule has 1 fully saturated rings. The molecule has 1 unspecified atom stereocenters. The number of carbonyl (C=O) groups is 1. The van der Waals surface area contributed by atoms with E-state index in [4.69, 9.17) is 22.1 Å². The molecule has 0 saturated carbocycles. The Morgan fingerprint density at radius 2 is 1.91 bits per heavy atom. The van der Waals surface area contributed by atoms with Gasteiger partial charge in [-0.15, -0.1) is 3.89 Å². The normalized spacial score (nSPS) is 17.3. The molecule has 1 amide bonds. The van der Waals surface area contributed by atoms with Gasteiger partial charge in [-0.1, -0.05) is 57.1 Å². The van der Waals surface area contributed by atoms with Crippen molar-refractivity contribution in [2.24, 2.45) is 16.6 Å². The van der Waals surface area contributed by atoms with E-state index >= 15 is 0 Å². The predicted octanol–water partition coefficient (Wildman–Crippen LogP) is 5.06. The summed E-state index contributed by atoms with van der Waals surface area (Å²) >= 11 is 7.17. The first-order chi connectivity index (χ1) is 15.7. The van der Waals surface area contributed by atoms with Crippen molar-refractivity contribution in [2.45, 2.75) is 61.5 Å². The molecule has 0 aliphatic carbocycles. The summed E-state index contributed by atoms with van der Waals surface area (Å²) in [5.74, 6) is 0.695. The fraction of sp³-hybridized carbons (Fsp3) is 0.500. The number of hydrogen-bond donors (Lipinski definition) is 1. The highest BCUT2D eigenvalue weighted by atomic mass is 35.5. The highest BCUT2D eigenvalue weighted by Crippen LogP contribution is 2.44. The van der Waals surface area contributed by atoms with Gasteiger partial charge in [0, 0.05) is 23.4 Å². The van der Waals surface area contributed by atoms with Crippen LogP contribution in [0.3, 0.4) is 0 Å². The van der Waals surface area contributed by atoms with Crippen molar-refractivity contribution >= 4 is 45.5 Å². The average molecular weight is 531 g/mol. The molecule has 1 aromatic heterocycles. The molecule has 2 N–H and O–H groups in total. The van der Waals surface area contributed by atoms with E-state index in [1.54, 1.807) is 18.5 Å². The molecule has 0 spiro atoms. The van der Waals surface area contributed by atoms with Crippen LogP contribution >= 0.6 is 23.4 Å². The van der Waals surface area contributed by atoms with Gasteiger partial charge in [-0.2, -0.15) is 8.42 Å². The zero-order chi connectivity index (χ0) is 25.3. The number of hydrogen-bond acceptors (Lipinski definition) is 8. The molecule has 34 heavy (non-hydrogen) atoms. The van der Waals surface area contributed by atoms with E-state index in [0.717, 1.165) is 30.7 Å². The Kier molecular flexibility index (Phi) is 7.69. The lowest BCUT2D eigenvalue weighted by molar-refractivity contribution is -0.0598. The monoisotopic (exact) mass is 530 g/mol. The Balaban J connectivity index is 1.70. The zero-order valence-electron chi connectivity index (χ0n) is 19.4. The van der Waals surface area contributed by atoms with Crippen LogP contribution in [0.25, 0.3) is 0 Å². The minimum absolute atomic E-state index is 0.192. The highest BCUT2D eigenvalue weighted by Gasteiger charge is 2.45. The summed E-state index contributed by atoms with van der Waals surface area (Å²) in [6, 6.07) is 4.11. The van der Waals surface area contributed by atoms with Gasteiger partial charge in [-0.25, -0.2) is 14.8 Å². The van der Waals surface area contributed by atoms with Crippen LogP contribution in [0, 0.1) is 10.8 Å². The van der Waals surface area contributed by atoms with Crippen LogP contribution in [0.1, 0.15) is 40.5 Å². The average Bonchev–Trinajstić information content (AvgIpc) is 2.73. The molecule has 0 radical (unpaired) electrons. The number of carbonyl (C=O) groups excluding carboxylic acids is 1. The van der Waals surface area contributed by atoms with Crippen molar-refractivity contribution in [2.75, 3.05) is 18.0 Å². The number of amides is 1. The lowest BCUT2D eigenvalue weighted by Crippen LogP contribution is -2.51. The van der Waals surface area contributed by atoms with Gasteiger partial charge in [0.25, 0.3) is 0 Å².